The molecule has 0 aromatic heterocycles. The molecule has 1 unspecified atom stereocenters. The Morgan fingerprint density at radius 3 is 2.67 bits per heavy atom. The summed E-state index contributed by atoms with van der Waals surface area (Å²) in [4.78, 5) is 26.7. The van der Waals surface area contributed by atoms with Gasteiger partial charge in [0.05, 0.1) is 10.7 Å². The number of amides is 2. The third-order valence-electron chi connectivity index (χ3n) is 4.68. The van der Waals surface area contributed by atoms with Gasteiger partial charge in [-0.05, 0) is 49.4 Å². The number of nitrogens with zero attached hydrogens (tertiary/aromatic N) is 1. The van der Waals surface area contributed by atoms with Crippen molar-refractivity contribution in [2.75, 3.05) is 11.9 Å². The normalized spacial score (nSPS) is 16.3. The number of ether oxygens (including phenoxy) is 1. The second kappa shape index (κ2) is 8.44. The van der Waals surface area contributed by atoms with Gasteiger partial charge in [0, 0.05) is 6.54 Å². The molecule has 5 nitrogen and oxygen atoms in total. The molecule has 1 saturated heterocycles. The van der Waals surface area contributed by atoms with Crippen LogP contribution in [0.5, 0.6) is 0 Å². The van der Waals surface area contributed by atoms with Gasteiger partial charge in [-0.25, -0.2) is 4.79 Å². The second-order valence-electron chi connectivity index (χ2n) is 6.82. The standard InChI is InChI=1S/C21H23ClN2O3/c1-14-11-15(2)19(17(22)12-14)23-20(25)18-9-6-10-24(18)21(26)27-13-16-7-4-3-5-8-16/h3-5,7-8,11-12,18H,6,9-10,13H2,1-2H3,(H,23,25). The van der Waals surface area contributed by atoms with Crippen molar-refractivity contribution in [2.45, 2.75) is 39.3 Å². The van der Waals surface area contributed by atoms with Gasteiger partial charge in [-0.2, -0.15) is 0 Å². The van der Waals surface area contributed by atoms with Crippen molar-refractivity contribution in [1.29, 1.82) is 0 Å². The molecule has 0 spiro atoms. The predicted molar refractivity (Wildman–Crippen MR) is 106 cm³/mol. The first kappa shape index (κ1) is 19.2. The van der Waals surface area contributed by atoms with Crippen LogP contribution in [-0.4, -0.2) is 29.5 Å². The van der Waals surface area contributed by atoms with Crippen LogP contribution in [0, 0.1) is 13.8 Å². The zero-order valence-corrected chi connectivity index (χ0v) is 16.3. The summed E-state index contributed by atoms with van der Waals surface area (Å²) >= 11 is 6.28. The van der Waals surface area contributed by atoms with Gasteiger partial charge in [-0.1, -0.05) is 48.0 Å². The molecule has 27 heavy (non-hydrogen) atoms. The number of rotatable bonds is 4. The minimum absolute atomic E-state index is 0.188. The summed E-state index contributed by atoms with van der Waals surface area (Å²) in [5.74, 6) is -0.238. The fourth-order valence-corrected chi connectivity index (χ4v) is 3.71. The van der Waals surface area contributed by atoms with Gasteiger partial charge in [0.1, 0.15) is 12.6 Å². The maximum atomic E-state index is 12.8. The van der Waals surface area contributed by atoms with Crippen molar-refractivity contribution in [1.82, 2.24) is 4.90 Å². The molecule has 2 aromatic carbocycles. The highest BCUT2D eigenvalue weighted by Gasteiger charge is 2.35. The Labute approximate surface area is 164 Å². The molecule has 6 heteroatoms. The fraction of sp³-hybridized carbons (Fsp3) is 0.333. The van der Waals surface area contributed by atoms with E-state index in [1.807, 2.05) is 56.3 Å². The number of nitrogens with one attached hydrogen (secondary N) is 1. The second-order valence-corrected chi connectivity index (χ2v) is 7.23. The van der Waals surface area contributed by atoms with E-state index in [1.54, 1.807) is 0 Å². The highest BCUT2D eigenvalue weighted by atomic mass is 35.5. The van der Waals surface area contributed by atoms with Crippen LogP contribution in [0.3, 0.4) is 0 Å². The molecule has 0 radical (unpaired) electrons. The quantitative estimate of drug-likeness (QED) is 0.828. The molecule has 1 aliphatic heterocycles. The molecular weight excluding hydrogens is 364 g/mol. The molecule has 1 heterocycles. The molecule has 142 valence electrons. The van der Waals surface area contributed by atoms with Crippen LogP contribution in [0.25, 0.3) is 0 Å². The molecule has 0 aliphatic carbocycles. The Kier molecular flexibility index (Phi) is 6.01. The van der Waals surface area contributed by atoms with Crippen LogP contribution in [-0.2, 0) is 16.1 Å². The predicted octanol–water partition coefficient (Wildman–Crippen LogP) is 4.70. The Morgan fingerprint density at radius 2 is 1.96 bits per heavy atom. The molecule has 1 N–H and O–H groups in total. The van der Waals surface area contributed by atoms with Gasteiger partial charge in [0.2, 0.25) is 5.91 Å². The van der Waals surface area contributed by atoms with Crippen molar-refractivity contribution in [3.8, 4) is 0 Å². The van der Waals surface area contributed by atoms with E-state index in [9.17, 15) is 9.59 Å². The topological polar surface area (TPSA) is 58.6 Å². The van der Waals surface area contributed by atoms with Gasteiger partial charge >= 0.3 is 6.09 Å². The summed E-state index contributed by atoms with van der Waals surface area (Å²) in [6.07, 6.45) is 0.900. The van der Waals surface area contributed by atoms with Crippen molar-refractivity contribution >= 4 is 29.3 Å². The van der Waals surface area contributed by atoms with E-state index >= 15 is 0 Å². The summed E-state index contributed by atoms with van der Waals surface area (Å²) in [7, 11) is 0. The Bertz CT molecular complexity index is 816. The van der Waals surface area contributed by atoms with Crippen LogP contribution in [0.4, 0.5) is 10.5 Å². The average Bonchev–Trinajstić information content (AvgIpc) is 3.13. The number of carbonyl (C=O) groups excluding carboxylic acids is 2. The lowest BCUT2D eigenvalue weighted by atomic mass is 10.1. The Hall–Kier alpha value is -2.53. The number of benzene rings is 2. The lowest BCUT2D eigenvalue weighted by Crippen LogP contribution is -2.43. The molecule has 1 aliphatic rings. The van der Waals surface area contributed by atoms with Gasteiger partial charge in [-0.3, -0.25) is 9.69 Å². The Balaban J connectivity index is 1.65. The number of carbonyl (C=O) groups is 2. The third kappa shape index (κ3) is 4.61. The fourth-order valence-electron chi connectivity index (χ4n) is 3.34. The lowest BCUT2D eigenvalue weighted by molar-refractivity contribution is -0.120. The molecular formula is C21H23ClN2O3. The first-order chi connectivity index (χ1) is 13.0. The largest absolute Gasteiger partial charge is 0.445 e. The van der Waals surface area contributed by atoms with E-state index in [1.165, 1.54) is 4.90 Å². The number of likely N-dealkylation sites (tertiary alicyclic amines) is 1. The molecule has 2 amide bonds. The number of halogens is 1. The minimum atomic E-state index is -0.551. The van der Waals surface area contributed by atoms with E-state index in [0.29, 0.717) is 23.7 Å². The summed E-state index contributed by atoms with van der Waals surface area (Å²) < 4.78 is 5.39. The lowest BCUT2D eigenvalue weighted by Gasteiger charge is -2.24. The summed E-state index contributed by atoms with van der Waals surface area (Å²) in [6, 6.07) is 12.7. The number of aryl methyl sites for hydroxylation is 2. The van der Waals surface area contributed by atoms with Crippen LogP contribution in [0.2, 0.25) is 5.02 Å². The molecule has 2 aromatic rings. The van der Waals surface area contributed by atoms with Crippen molar-refractivity contribution < 1.29 is 14.3 Å². The van der Waals surface area contributed by atoms with E-state index in [-0.39, 0.29) is 12.5 Å². The van der Waals surface area contributed by atoms with Crippen molar-refractivity contribution in [3.63, 3.8) is 0 Å². The summed E-state index contributed by atoms with van der Waals surface area (Å²) in [6.45, 7) is 4.54. The van der Waals surface area contributed by atoms with E-state index in [0.717, 1.165) is 23.1 Å². The number of hydrogen-bond donors (Lipinski definition) is 1. The first-order valence-electron chi connectivity index (χ1n) is 9.00. The van der Waals surface area contributed by atoms with Crippen LogP contribution in [0.15, 0.2) is 42.5 Å². The molecule has 0 saturated carbocycles. The maximum absolute atomic E-state index is 12.8. The van der Waals surface area contributed by atoms with Crippen LogP contribution >= 0.6 is 11.6 Å². The monoisotopic (exact) mass is 386 g/mol. The first-order valence-corrected chi connectivity index (χ1v) is 9.38. The van der Waals surface area contributed by atoms with Gasteiger partial charge < -0.3 is 10.1 Å². The zero-order valence-electron chi connectivity index (χ0n) is 15.5. The van der Waals surface area contributed by atoms with Crippen molar-refractivity contribution in [2.24, 2.45) is 0 Å². The van der Waals surface area contributed by atoms with Gasteiger partial charge in [-0.15, -0.1) is 0 Å². The third-order valence-corrected chi connectivity index (χ3v) is 4.97. The molecule has 0 bridgehead atoms. The van der Waals surface area contributed by atoms with Crippen LogP contribution in [0.1, 0.15) is 29.5 Å². The molecule has 1 fully saturated rings. The highest BCUT2D eigenvalue weighted by molar-refractivity contribution is 6.34. The zero-order chi connectivity index (χ0) is 19.4. The van der Waals surface area contributed by atoms with E-state index < -0.39 is 12.1 Å². The van der Waals surface area contributed by atoms with E-state index in [2.05, 4.69) is 5.32 Å². The number of hydrogen-bond acceptors (Lipinski definition) is 3. The highest BCUT2D eigenvalue weighted by Crippen LogP contribution is 2.29. The van der Waals surface area contributed by atoms with Gasteiger partial charge in [0.15, 0.2) is 0 Å². The average molecular weight is 387 g/mol. The molecule has 1 atom stereocenters. The Morgan fingerprint density at radius 1 is 1.22 bits per heavy atom. The minimum Gasteiger partial charge on any atom is -0.445 e. The van der Waals surface area contributed by atoms with Gasteiger partial charge in [0.25, 0.3) is 0 Å². The maximum Gasteiger partial charge on any atom is 0.410 e. The van der Waals surface area contributed by atoms with Crippen LogP contribution < -0.4 is 5.32 Å². The van der Waals surface area contributed by atoms with Crippen molar-refractivity contribution in [3.05, 3.63) is 64.2 Å². The van der Waals surface area contributed by atoms with E-state index in [4.69, 9.17) is 16.3 Å². The number of anilines is 1. The SMILES string of the molecule is Cc1cc(C)c(NC(=O)C2CCCN2C(=O)OCc2ccccc2)c(Cl)c1. The summed E-state index contributed by atoms with van der Waals surface area (Å²) in [5, 5.41) is 3.38. The molecule has 3 rings (SSSR count). The summed E-state index contributed by atoms with van der Waals surface area (Å²) in [5.41, 5.74) is 3.43. The smallest absolute Gasteiger partial charge is 0.410 e.